The van der Waals surface area contributed by atoms with Gasteiger partial charge in [0, 0.05) is 32.5 Å². The van der Waals surface area contributed by atoms with Crippen molar-refractivity contribution in [1.82, 2.24) is 10.2 Å². The van der Waals surface area contributed by atoms with E-state index in [4.69, 9.17) is 0 Å². The molecule has 1 N–H and O–H groups in total. The first-order valence-corrected chi connectivity index (χ1v) is 7.15. The zero-order valence-corrected chi connectivity index (χ0v) is 12.2. The van der Waals surface area contributed by atoms with Gasteiger partial charge in [0.25, 0.3) is 0 Å². The molecule has 4 nitrogen and oxygen atoms in total. The molecule has 0 aromatic heterocycles. The number of nitrogens with zero attached hydrogens (tertiary/aromatic N) is 1. The SMILES string of the molecule is CC(=O)N(CCC(=O)NC1CC1)Cc1cccc(C)c1. The van der Waals surface area contributed by atoms with E-state index in [-0.39, 0.29) is 11.8 Å². The highest BCUT2D eigenvalue weighted by atomic mass is 16.2. The molecule has 0 bridgehead atoms. The molecule has 0 aliphatic heterocycles. The number of hydrogen-bond acceptors (Lipinski definition) is 2. The monoisotopic (exact) mass is 274 g/mol. The second-order valence-electron chi connectivity index (χ2n) is 5.52. The molecule has 2 rings (SSSR count). The predicted octanol–water partition coefficient (Wildman–Crippen LogP) is 2.01. The van der Waals surface area contributed by atoms with Crippen LogP contribution in [0.15, 0.2) is 24.3 Å². The summed E-state index contributed by atoms with van der Waals surface area (Å²) in [6.45, 7) is 4.62. The van der Waals surface area contributed by atoms with Crippen LogP contribution in [0.5, 0.6) is 0 Å². The number of aryl methyl sites for hydroxylation is 1. The van der Waals surface area contributed by atoms with Crippen LogP contribution < -0.4 is 5.32 Å². The molecule has 1 aliphatic carbocycles. The summed E-state index contributed by atoms with van der Waals surface area (Å²) < 4.78 is 0. The molecule has 0 atom stereocenters. The highest BCUT2D eigenvalue weighted by Crippen LogP contribution is 2.18. The highest BCUT2D eigenvalue weighted by Gasteiger charge is 2.23. The molecule has 1 fully saturated rings. The Morgan fingerprint density at radius 2 is 2.10 bits per heavy atom. The Kier molecular flexibility index (Phi) is 4.77. The molecule has 1 aromatic rings. The minimum Gasteiger partial charge on any atom is -0.353 e. The molecule has 0 radical (unpaired) electrons. The van der Waals surface area contributed by atoms with Gasteiger partial charge in [0.15, 0.2) is 0 Å². The minimum atomic E-state index is 0.00530. The predicted molar refractivity (Wildman–Crippen MR) is 78.1 cm³/mol. The van der Waals surface area contributed by atoms with Crippen LogP contribution in [0, 0.1) is 6.92 Å². The van der Waals surface area contributed by atoms with Gasteiger partial charge < -0.3 is 10.2 Å². The van der Waals surface area contributed by atoms with Crippen LogP contribution in [-0.2, 0) is 16.1 Å². The third-order valence-electron chi connectivity index (χ3n) is 3.45. The summed E-state index contributed by atoms with van der Waals surface area (Å²) in [5.74, 6) is 0.0497. The van der Waals surface area contributed by atoms with E-state index in [0.29, 0.717) is 25.6 Å². The molecule has 0 unspecified atom stereocenters. The number of nitrogens with one attached hydrogen (secondary N) is 1. The van der Waals surface area contributed by atoms with Crippen molar-refractivity contribution in [2.24, 2.45) is 0 Å². The number of rotatable bonds is 6. The van der Waals surface area contributed by atoms with Gasteiger partial charge >= 0.3 is 0 Å². The Balaban J connectivity index is 1.86. The summed E-state index contributed by atoms with van der Waals surface area (Å²) in [5.41, 5.74) is 2.28. The van der Waals surface area contributed by atoms with Crippen LogP contribution >= 0.6 is 0 Å². The lowest BCUT2D eigenvalue weighted by Gasteiger charge is -2.21. The third kappa shape index (κ3) is 4.68. The standard InChI is InChI=1S/C16H22N2O2/c1-12-4-3-5-14(10-12)11-18(13(2)19)9-8-16(20)17-15-6-7-15/h3-5,10,15H,6-9,11H2,1-2H3,(H,17,20). The largest absolute Gasteiger partial charge is 0.353 e. The maximum absolute atomic E-state index is 11.7. The molecule has 1 aliphatic rings. The zero-order chi connectivity index (χ0) is 14.5. The molecule has 0 saturated heterocycles. The van der Waals surface area contributed by atoms with Crippen LogP contribution in [0.4, 0.5) is 0 Å². The van der Waals surface area contributed by atoms with Gasteiger partial charge in [-0.05, 0) is 25.3 Å². The van der Waals surface area contributed by atoms with Crippen molar-refractivity contribution in [3.63, 3.8) is 0 Å². The second kappa shape index (κ2) is 6.55. The Morgan fingerprint density at radius 1 is 1.35 bits per heavy atom. The Labute approximate surface area is 120 Å². The number of carbonyl (C=O) groups is 2. The van der Waals surface area contributed by atoms with Gasteiger partial charge in [-0.25, -0.2) is 0 Å². The average molecular weight is 274 g/mol. The average Bonchev–Trinajstić information content (AvgIpc) is 3.18. The van der Waals surface area contributed by atoms with Crippen molar-refractivity contribution < 1.29 is 9.59 Å². The van der Waals surface area contributed by atoms with Crippen LogP contribution in [0.1, 0.15) is 37.3 Å². The first-order valence-electron chi connectivity index (χ1n) is 7.15. The van der Waals surface area contributed by atoms with Gasteiger partial charge in [0.05, 0.1) is 0 Å². The Hall–Kier alpha value is -1.84. The Morgan fingerprint density at radius 3 is 2.70 bits per heavy atom. The molecule has 108 valence electrons. The summed E-state index contributed by atoms with van der Waals surface area (Å²) in [5, 5.41) is 2.94. The molecular formula is C16H22N2O2. The van der Waals surface area contributed by atoms with Crippen LogP contribution in [0.3, 0.4) is 0 Å². The third-order valence-corrected chi connectivity index (χ3v) is 3.45. The number of amides is 2. The lowest BCUT2D eigenvalue weighted by Crippen LogP contribution is -2.34. The van der Waals surface area contributed by atoms with E-state index in [1.54, 1.807) is 11.8 Å². The molecule has 20 heavy (non-hydrogen) atoms. The number of carbonyl (C=O) groups excluding carboxylic acids is 2. The topological polar surface area (TPSA) is 49.4 Å². The smallest absolute Gasteiger partial charge is 0.221 e. The molecule has 1 saturated carbocycles. The van der Waals surface area contributed by atoms with E-state index in [1.807, 2.05) is 25.1 Å². The van der Waals surface area contributed by atoms with E-state index in [0.717, 1.165) is 18.4 Å². The van der Waals surface area contributed by atoms with E-state index in [9.17, 15) is 9.59 Å². The summed E-state index contributed by atoms with van der Waals surface area (Å²) in [7, 11) is 0. The number of benzene rings is 1. The summed E-state index contributed by atoms with van der Waals surface area (Å²) >= 11 is 0. The quantitative estimate of drug-likeness (QED) is 0.862. The van der Waals surface area contributed by atoms with Gasteiger partial charge in [-0.15, -0.1) is 0 Å². The molecule has 2 amide bonds. The Bertz CT molecular complexity index is 495. The molecular weight excluding hydrogens is 252 g/mol. The molecule has 0 spiro atoms. The van der Waals surface area contributed by atoms with Crippen LogP contribution in [-0.4, -0.2) is 29.3 Å². The van der Waals surface area contributed by atoms with E-state index < -0.39 is 0 Å². The maximum Gasteiger partial charge on any atom is 0.221 e. The van der Waals surface area contributed by atoms with E-state index >= 15 is 0 Å². The van der Waals surface area contributed by atoms with Crippen LogP contribution in [0.2, 0.25) is 0 Å². The van der Waals surface area contributed by atoms with Crippen molar-refractivity contribution >= 4 is 11.8 Å². The molecule has 1 aromatic carbocycles. The minimum absolute atomic E-state index is 0.00530. The van der Waals surface area contributed by atoms with E-state index in [2.05, 4.69) is 11.4 Å². The summed E-state index contributed by atoms with van der Waals surface area (Å²) in [4.78, 5) is 25.1. The fourth-order valence-corrected chi connectivity index (χ4v) is 2.14. The van der Waals surface area contributed by atoms with Crippen molar-refractivity contribution in [3.05, 3.63) is 35.4 Å². The molecule has 4 heteroatoms. The fraction of sp³-hybridized carbons (Fsp3) is 0.500. The van der Waals surface area contributed by atoms with Crippen LogP contribution in [0.25, 0.3) is 0 Å². The second-order valence-corrected chi connectivity index (χ2v) is 5.52. The first kappa shape index (κ1) is 14.6. The summed E-state index contributed by atoms with van der Waals surface area (Å²) in [6, 6.07) is 8.48. The van der Waals surface area contributed by atoms with Gasteiger partial charge in [0.2, 0.25) is 11.8 Å². The normalized spacial score (nSPS) is 13.9. The first-order chi connectivity index (χ1) is 9.54. The van der Waals surface area contributed by atoms with Gasteiger partial charge in [-0.2, -0.15) is 0 Å². The lowest BCUT2D eigenvalue weighted by atomic mass is 10.1. The zero-order valence-electron chi connectivity index (χ0n) is 12.2. The lowest BCUT2D eigenvalue weighted by molar-refractivity contribution is -0.130. The van der Waals surface area contributed by atoms with Crippen molar-refractivity contribution in [1.29, 1.82) is 0 Å². The van der Waals surface area contributed by atoms with Gasteiger partial charge in [0.1, 0.15) is 0 Å². The number of hydrogen-bond donors (Lipinski definition) is 1. The van der Waals surface area contributed by atoms with Crippen molar-refractivity contribution in [3.8, 4) is 0 Å². The maximum atomic E-state index is 11.7. The van der Waals surface area contributed by atoms with E-state index in [1.165, 1.54) is 5.56 Å². The van der Waals surface area contributed by atoms with Crippen molar-refractivity contribution in [2.45, 2.75) is 45.7 Å². The molecule has 0 heterocycles. The fourth-order valence-electron chi connectivity index (χ4n) is 2.14. The van der Waals surface area contributed by atoms with Gasteiger partial charge in [-0.3, -0.25) is 9.59 Å². The highest BCUT2D eigenvalue weighted by molar-refractivity contribution is 5.78. The van der Waals surface area contributed by atoms with Gasteiger partial charge in [-0.1, -0.05) is 29.8 Å². The van der Waals surface area contributed by atoms with Crippen molar-refractivity contribution in [2.75, 3.05) is 6.54 Å². The summed E-state index contributed by atoms with van der Waals surface area (Å²) in [6.07, 6.45) is 2.55.